The number of nitrogens with one attached hydrogen (secondary N) is 1. The van der Waals surface area contributed by atoms with Gasteiger partial charge in [0.15, 0.2) is 21.4 Å². The Kier molecular flexibility index (Phi) is 6.99. The molecular formula is C22H24N4O5S2. The van der Waals surface area contributed by atoms with E-state index >= 15 is 0 Å². The van der Waals surface area contributed by atoms with Gasteiger partial charge in [-0.05, 0) is 31.5 Å². The van der Waals surface area contributed by atoms with Gasteiger partial charge in [0.2, 0.25) is 11.8 Å². The van der Waals surface area contributed by atoms with E-state index in [-0.39, 0.29) is 35.6 Å². The Bertz CT molecular complexity index is 1260. The molecule has 0 radical (unpaired) electrons. The smallest absolute Gasteiger partial charge is 0.239 e. The maximum Gasteiger partial charge on any atom is 0.239 e. The van der Waals surface area contributed by atoms with Crippen LogP contribution in [0, 0.1) is 0 Å². The van der Waals surface area contributed by atoms with Crippen molar-refractivity contribution in [2.24, 2.45) is 0 Å². The monoisotopic (exact) mass is 488 g/mol. The summed E-state index contributed by atoms with van der Waals surface area (Å²) in [5, 5.41) is 4.20. The van der Waals surface area contributed by atoms with Crippen molar-refractivity contribution in [1.82, 2.24) is 20.2 Å². The fourth-order valence-corrected chi connectivity index (χ4v) is 6.22. The van der Waals surface area contributed by atoms with Crippen LogP contribution < -0.4 is 5.32 Å². The second kappa shape index (κ2) is 9.92. The minimum atomic E-state index is -3.09. The van der Waals surface area contributed by atoms with Crippen LogP contribution in [0.3, 0.4) is 0 Å². The second-order valence-electron chi connectivity index (χ2n) is 7.71. The number of benzene rings is 1. The molecule has 1 N–H and O–H groups in total. The number of carbonyl (C=O) groups excluding carboxylic acids is 2. The van der Waals surface area contributed by atoms with Gasteiger partial charge in [0.25, 0.3) is 0 Å². The zero-order valence-electron chi connectivity index (χ0n) is 18.1. The van der Waals surface area contributed by atoms with E-state index in [1.54, 1.807) is 25.3 Å². The average molecular weight is 489 g/mol. The Morgan fingerprint density at radius 2 is 2.03 bits per heavy atom. The molecule has 3 aromatic rings. The van der Waals surface area contributed by atoms with E-state index < -0.39 is 15.9 Å². The lowest BCUT2D eigenvalue weighted by molar-refractivity contribution is -0.134. The molecule has 0 spiro atoms. The first-order valence-electron chi connectivity index (χ1n) is 10.6. The predicted octanol–water partition coefficient (Wildman–Crippen LogP) is 2.13. The van der Waals surface area contributed by atoms with Gasteiger partial charge in [-0.1, -0.05) is 30.0 Å². The van der Waals surface area contributed by atoms with Crippen LogP contribution in [-0.4, -0.2) is 71.5 Å². The highest BCUT2D eigenvalue weighted by Crippen LogP contribution is 2.28. The van der Waals surface area contributed by atoms with Crippen molar-refractivity contribution in [3.8, 4) is 11.6 Å². The third kappa shape index (κ3) is 5.72. The zero-order chi connectivity index (χ0) is 23.4. The molecule has 2 aromatic heterocycles. The molecule has 1 aliphatic heterocycles. The van der Waals surface area contributed by atoms with Gasteiger partial charge >= 0.3 is 0 Å². The van der Waals surface area contributed by atoms with Crippen molar-refractivity contribution < 1.29 is 22.4 Å². The molecule has 11 heteroatoms. The van der Waals surface area contributed by atoms with Crippen molar-refractivity contribution in [1.29, 1.82) is 0 Å². The van der Waals surface area contributed by atoms with Gasteiger partial charge in [-0.2, -0.15) is 0 Å². The number of hydrogen-bond donors (Lipinski definition) is 1. The molecule has 9 nitrogen and oxygen atoms in total. The van der Waals surface area contributed by atoms with Gasteiger partial charge < -0.3 is 14.6 Å². The van der Waals surface area contributed by atoms with E-state index in [4.69, 9.17) is 4.42 Å². The second-order valence-corrected chi connectivity index (χ2v) is 10.9. The zero-order valence-corrected chi connectivity index (χ0v) is 19.7. The van der Waals surface area contributed by atoms with Gasteiger partial charge in [-0.3, -0.25) is 9.59 Å². The molecule has 0 unspecified atom stereocenters. The van der Waals surface area contributed by atoms with Gasteiger partial charge in [0.05, 0.1) is 35.6 Å². The summed E-state index contributed by atoms with van der Waals surface area (Å²) in [7, 11) is -3.09. The summed E-state index contributed by atoms with van der Waals surface area (Å²) >= 11 is 1.28. The topological polar surface area (TPSA) is 122 Å². The Morgan fingerprint density at radius 3 is 2.73 bits per heavy atom. The van der Waals surface area contributed by atoms with E-state index in [1.807, 2.05) is 24.3 Å². The Balaban J connectivity index is 1.42. The third-order valence-corrected chi connectivity index (χ3v) is 8.05. The highest BCUT2D eigenvalue weighted by molar-refractivity contribution is 8.00. The first kappa shape index (κ1) is 23.2. The van der Waals surface area contributed by atoms with Crippen molar-refractivity contribution in [2.45, 2.75) is 24.4 Å². The number of rotatable bonds is 8. The highest BCUT2D eigenvalue weighted by Gasteiger charge is 2.29. The molecule has 3 heterocycles. The van der Waals surface area contributed by atoms with Gasteiger partial charge in [-0.15, -0.1) is 0 Å². The molecule has 2 amide bonds. The molecule has 4 rings (SSSR count). The number of thioether (sulfide) groups is 1. The molecule has 1 fully saturated rings. The number of likely N-dealkylation sites (N-methyl/N-ethyl adjacent to an activating group) is 1. The number of aromatic nitrogens is 2. The van der Waals surface area contributed by atoms with Crippen molar-refractivity contribution >= 4 is 44.3 Å². The fraction of sp³-hybridized carbons (Fsp3) is 0.364. The number of carbonyl (C=O) groups is 2. The summed E-state index contributed by atoms with van der Waals surface area (Å²) in [5.74, 6) is 0.536. The van der Waals surface area contributed by atoms with Crippen LogP contribution in [0.25, 0.3) is 22.5 Å². The first-order valence-corrected chi connectivity index (χ1v) is 13.4. The number of furan rings is 1. The fourth-order valence-electron chi connectivity index (χ4n) is 3.63. The number of amides is 2. The maximum absolute atomic E-state index is 12.8. The number of hydrogen-bond acceptors (Lipinski definition) is 8. The minimum absolute atomic E-state index is 0.0482. The summed E-state index contributed by atoms with van der Waals surface area (Å²) in [4.78, 5) is 35.8. The Labute approximate surface area is 195 Å². The minimum Gasteiger partial charge on any atom is -0.461 e. The van der Waals surface area contributed by atoms with E-state index in [2.05, 4.69) is 15.3 Å². The number of fused-ring (bicyclic) bond motifs is 1. The average Bonchev–Trinajstić information content (AvgIpc) is 3.45. The molecule has 1 aliphatic rings. The molecule has 0 saturated carbocycles. The summed E-state index contributed by atoms with van der Waals surface area (Å²) in [5.41, 5.74) is 0.743. The standard InChI is InChI=1S/C22H24N4O5S2/c1-2-26(12-19(27)23-15-9-11-33(29,30)14-15)20(28)13-32-22-16-6-3-4-7-17(16)24-21(25-22)18-8-5-10-31-18/h3-8,10,15H,2,9,11-14H2,1H3,(H,23,27)/t15-/m1/s1. The van der Waals surface area contributed by atoms with Crippen molar-refractivity contribution in [2.75, 3.05) is 30.3 Å². The quantitative estimate of drug-likeness (QED) is 0.378. The van der Waals surface area contributed by atoms with Crippen LogP contribution in [0.1, 0.15) is 13.3 Å². The van der Waals surface area contributed by atoms with Gasteiger partial charge in [0.1, 0.15) is 5.03 Å². The Morgan fingerprint density at radius 1 is 1.21 bits per heavy atom. The first-order chi connectivity index (χ1) is 15.8. The molecular weight excluding hydrogens is 464 g/mol. The van der Waals surface area contributed by atoms with Crippen LogP contribution in [0.5, 0.6) is 0 Å². The lowest BCUT2D eigenvalue weighted by Crippen LogP contribution is -2.45. The molecule has 1 saturated heterocycles. The van der Waals surface area contributed by atoms with Crippen LogP contribution in [0.4, 0.5) is 0 Å². The molecule has 0 bridgehead atoms. The molecule has 1 aromatic carbocycles. The maximum atomic E-state index is 12.8. The number of nitrogens with zero attached hydrogens (tertiary/aromatic N) is 3. The lowest BCUT2D eigenvalue weighted by Gasteiger charge is -2.21. The largest absolute Gasteiger partial charge is 0.461 e. The summed E-state index contributed by atoms with van der Waals surface area (Å²) in [6.45, 7) is 2.04. The predicted molar refractivity (Wildman–Crippen MR) is 125 cm³/mol. The van der Waals surface area contributed by atoms with E-state index in [0.717, 1.165) is 10.9 Å². The van der Waals surface area contributed by atoms with Crippen LogP contribution in [-0.2, 0) is 19.4 Å². The van der Waals surface area contributed by atoms with E-state index in [1.165, 1.54) is 16.7 Å². The van der Waals surface area contributed by atoms with Crippen LogP contribution in [0.15, 0.2) is 52.1 Å². The lowest BCUT2D eigenvalue weighted by atomic mass is 10.2. The van der Waals surface area contributed by atoms with Gasteiger partial charge in [-0.25, -0.2) is 18.4 Å². The number of sulfone groups is 1. The van der Waals surface area contributed by atoms with Crippen molar-refractivity contribution in [3.05, 3.63) is 42.7 Å². The summed E-state index contributed by atoms with van der Waals surface area (Å²) in [6.07, 6.45) is 1.96. The molecule has 1 atom stereocenters. The third-order valence-electron chi connectivity index (χ3n) is 5.31. The Hall–Kier alpha value is -2.92. The van der Waals surface area contributed by atoms with Gasteiger partial charge in [0, 0.05) is 18.0 Å². The molecule has 33 heavy (non-hydrogen) atoms. The van der Waals surface area contributed by atoms with Crippen LogP contribution in [0.2, 0.25) is 0 Å². The normalized spacial score (nSPS) is 17.2. The SMILES string of the molecule is CCN(CC(=O)N[C@@H]1CCS(=O)(=O)C1)C(=O)CSc1nc(-c2ccco2)nc2ccccc12. The highest BCUT2D eigenvalue weighted by atomic mass is 32.2. The molecule has 174 valence electrons. The number of para-hydroxylation sites is 1. The van der Waals surface area contributed by atoms with Crippen LogP contribution >= 0.6 is 11.8 Å². The van der Waals surface area contributed by atoms with Crippen molar-refractivity contribution in [3.63, 3.8) is 0 Å². The molecule has 0 aliphatic carbocycles. The van der Waals surface area contributed by atoms with E-state index in [9.17, 15) is 18.0 Å². The summed E-state index contributed by atoms with van der Waals surface area (Å²) < 4.78 is 28.6. The van der Waals surface area contributed by atoms with E-state index in [0.29, 0.717) is 29.6 Å². The summed E-state index contributed by atoms with van der Waals surface area (Å²) in [6, 6.07) is 10.7.